The van der Waals surface area contributed by atoms with E-state index in [4.69, 9.17) is 14.6 Å². The highest BCUT2D eigenvalue weighted by molar-refractivity contribution is 5.94. The van der Waals surface area contributed by atoms with Crippen molar-refractivity contribution in [3.8, 4) is 11.1 Å². The molecule has 1 aliphatic carbocycles. The molecule has 0 aliphatic heterocycles. The first kappa shape index (κ1) is 23.0. The average Bonchev–Trinajstić information content (AvgIpc) is 3.35. The number of carbonyl (C=O) groups excluding carboxylic acids is 2. The SMILES string of the molecule is Cn1nc(C(=O)NCCOCC(=O)O)cc1NC(=O)OCC1c2ccccc2-c2ccccc21. The second kappa shape index (κ2) is 10.2. The first-order chi connectivity index (χ1) is 16.4. The fourth-order valence-corrected chi connectivity index (χ4v) is 3.92. The molecule has 3 aromatic rings. The summed E-state index contributed by atoms with van der Waals surface area (Å²) >= 11 is 0. The molecule has 0 radical (unpaired) electrons. The highest BCUT2D eigenvalue weighted by Crippen LogP contribution is 2.44. The molecule has 0 saturated heterocycles. The fraction of sp³-hybridized carbons (Fsp3) is 0.250. The molecular weight excluding hydrogens is 440 g/mol. The predicted octanol–water partition coefficient (Wildman–Crippen LogP) is 2.61. The van der Waals surface area contributed by atoms with Crippen LogP contribution in [0.3, 0.4) is 0 Å². The van der Waals surface area contributed by atoms with Crippen LogP contribution in [0.4, 0.5) is 10.6 Å². The average molecular weight is 464 g/mol. The van der Waals surface area contributed by atoms with Gasteiger partial charge in [-0.05, 0) is 22.3 Å². The van der Waals surface area contributed by atoms with Gasteiger partial charge in [0.1, 0.15) is 19.0 Å². The number of nitrogens with zero attached hydrogens (tertiary/aromatic N) is 2. The molecular formula is C24H24N4O6. The van der Waals surface area contributed by atoms with E-state index in [2.05, 4.69) is 27.9 Å². The van der Waals surface area contributed by atoms with Crippen molar-refractivity contribution in [2.75, 3.05) is 31.7 Å². The van der Waals surface area contributed by atoms with Gasteiger partial charge in [0, 0.05) is 25.6 Å². The number of carbonyl (C=O) groups is 3. The highest BCUT2D eigenvalue weighted by atomic mass is 16.5. The summed E-state index contributed by atoms with van der Waals surface area (Å²) in [5, 5.41) is 17.8. The second-order valence-corrected chi connectivity index (χ2v) is 7.69. The lowest BCUT2D eigenvalue weighted by Crippen LogP contribution is -2.28. The van der Waals surface area contributed by atoms with Crippen molar-refractivity contribution in [3.05, 3.63) is 71.4 Å². The van der Waals surface area contributed by atoms with Crippen LogP contribution in [0.15, 0.2) is 54.6 Å². The standard InChI is InChI=1S/C24H24N4O6/c1-28-21(12-20(27-28)23(31)25-10-11-33-14-22(29)30)26-24(32)34-13-19-17-8-4-2-6-15(17)16-7-3-5-9-18(16)19/h2-9,12,19H,10-11,13-14H2,1H3,(H,25,31)(H,26,32)(H,29,30). The fourth-order valence-electron chi connectivity index (χ4n) is 3.92. The van der Waals surface area contributed by atoms with Gasteiger partial charge in [-0.1, -0.05) is 48.5 Å². The van der Waals surface area contributed by atoms with Gasteiger partial charge in [-0.15, -0.1) is 0 Å². The molecule has 2 amide bonds. The van der Waals surface area contributed by atoms with Crippen LogP contribution in [0, 0.1) is 0 Å². The van der Waals surface area contributed by atoms with E-state index in [0.717, 1.165) is 22.3 Å². The maximum absolute atomic E-state index is 12.5. The number of hydrogen-bond donors (Lipinski definition) is 3. The van der Waals surface area contributed by atoms with Crippen LogP contribution in [0.5, 0.6) is 0 Å². The van der Waals surface area contributed by atoms with Crippen LogP contribution < -0.4 is 10.6 Å². The smallest absolute Gasteiger partial charge is 0.412 e. The minimum Gasteiger partial charge on any atom is -0.480 e. The molecule has 0 fully saturated rings. The Kier molecular flexibility index (Phi) is 6.88. The second-order valence-electron chi connectivity index (χ2n) is 7.69. The minimum atomic E-state index is -1.08. The summed E-state index contributed by atoms with van der Waals surface area (Å²) in [5.74, 6) is -1.33. The lowest BCUT2D eigenvalue weighted by atomic mass is 9.98. The van der Waals surface area contributed by atoms with Crippen molar-refractivity contribution < 1.29 is 29.0 Å². The van der Waals surface area contributed by atoms with Crippen molar-refractivity contribution >= 4 is 23.8 Å². The molecule has 1 aliphatic rings. The molecule has 3 N–H and O–H groups in total. The van der Waals surface area contributed by atoms with E-state index < -0.39 is 24.6 Å². The first-order valence-corrected chi connectivity index (χ1v) is 10.7. The van der Waals surface area contributed by atoms with Gasteiger partial charge in [0.15, 0.2) is 5.69 Å². The lowest BCUT2D eigenvalue weighted by molar-refractivity contribution is -0.142. The monoisotopic (exact) mass is 464 g/mol. The molecule has 0 spiro atoms. The minimum absolute atomic E-state index is 0.0513. The number of aryl methyl sites for hydroxylation is 1. The van der Waals surface area contributed by atoms with Crippen LogP contribution in [-0.4, -0.2) is 59.2 Å². The summed E-state index contributed by atoms with van der Waals surface area (Å²) in [6.45, 7) is -0.0946. The summed E-state index contributed by atoms with van der Waals surface area (Å²) in [6, 6.07) is 17.6. The van der Waals surface area contributed by atoms with Gasteiger partial charge >= 0.3 is 12.1 Å². The lowest BCUT2D eigenvalue weighted by Gasteiger charge is -2.14. The maximum atomic E-state index is 12.5. The van der Waals surface area contributed by atoms with Gasteiger partial charge in [0.05, 0.1) is 6.61 Å². The third-order valence-electron chi connectivity index (χ3n) is 5.44. The number of rotatable bonds is 9. The van der Waals surface area contributed by atoms with Gasteiger partial charge in [-0.2, -0.15) is 5.10 Å². The van der Waals surface area contributed by atoms with E-state index in [9.17, 15) is 14.4 Å². The molecule has 10 heteroatoms. The van der Waals surface area contributed by atoms with Crippen molar-refractivity contribution in [2.45, 2.75) is 5.92 Å². The number of carboxylic acid groups (broad SMARTS) is 1. The van der Waals surface area contributed by atoms with E-state index >= 15 is 0 Å². The van der Waals surface area contributed by atoms with Gasteiger partial charge in [-0.25, -0.2) is 9.59 Å². The van der Waals surface area contributed by atoms with E-state index in [-0.39, 0.29) is 31.4 Å². The summed E-state index contributed by atoms with van der Waals surface area (Å²) < 4.78 is 11.7. The van der Waals surface area contributed by atoms with Gasteiger partial charge in [-0.3, -0.25) is 14.8 Å². The zero-order chi connectivity index (χ0) is 24.1. The van der Waals surface area contributed by atoms with Crippen LogP contribution in [0.25, 0.3) is 11.1 Å². The molecule has 2 aromatic carbocycles. The van der Waals surface area contributed by atoms with Gasteiger partial charge in [0.2, 0.25) is 0 Å². The van der Waals surface area contributed by atoms with E-state index in [1.807, 2.05) is 36.4 Å². The number of aliphatic carboxylic acids is 1. The Labute approximate surface area is 195 Å². The zero-order valence-corrected chi connectivity index (χ0v) is 18.5. The van der Waals surface area contributed by atoms with Crippen molar-refractivity contribution in [3.63, 3.8) is 0 Å². The molecule has 1 heterocycles. The largest absolute Gasteiger partial charge is 0.480 e. The summed E-state index contributed by atoms with van der Waals surface area (Å²) in [5.41, 5.74) is 4.60. The van der Waals surface area contributed by atoms with Crippen LogP contribution in [0.1, 0.15) is 27.5 Å². The van der Waals surface area contributed by atoms with E-state index in [0.29, 0.717) is 5.82 Å². The quantitative estimate of drug-likeness (QED) is 0.415. The Balaban J connectivity index is 1.32. The van der Waals surface area contributed by atoms with Crippen molar-refractivity contribution in [1.82, 2.24) is 15.1 Å². The number of aromatic nitrogens is 2. The molecule has 4 rings (SSSR count). The Morgan fingerprint density at radius 2 is 1.71 bits per heavy atom. The number of benzene rings is 2. The summed E-state index contributed by atoms with van der Waals surface area (Å²) in [7, 11) is 1.59. The van der Waals surface area contributed by atoms with Crippen molar-refractivity contribution in [2.24, 2.45) is 7.05 Å². The Morgan fingerprint density at radius 3 is 2.35 bits per heavy atom. The van der Waals surface area contributed by atoms with Crippen LogP contribution in [0.2, 0.25) is 0 Å². The molecule has 176 valence electrons. The Bertz CT molecular complexity index is 1180. The maximum Gasteiger partial charge on any atom is 0.412 e. The zero-order valence-electron chi connectivity index (χ0n) is 18.5. The van der Waals surface area contributed by atoms with Crippen molar-refractivity contribution in [1.29, 1.82) is 0 Å². The number of amides is 2. The number of nitrogens with one attached hydrogen (secondary N) is 2. The van der Waals surface area contributed by atoms with Crippen LogP contribution >= 0.6 is 0 Å². The molecule has 0 atom stereocenters. The molecule has 1 aromatic heterocycles. The molecule has 0 saturated carbocycles. The molecule has 10 nitrogen and oxygen atoms in total. The molecule has 0 unspecified atom stereocenters. The van der Waals surface area contributed by atoms with Crippen LogP contribution in [-0.2, 0) is 21.3 Å². The first-order valence-electron chi connectivity index (χ1n) is 10.7. The number of hydrogen-bond acceptors (Lipinski definition) is 6. The number of fused-ring (bicyclic) bond motifs is 3. The van der Waals surface area contributed by atoms with E-state index in [1.165, 1.54) is 10.7 Å². The Morgan fingerprint density at radius 1 is 1.06 bits per heavy atom. The third-order valence-corrected chi connectivity index (χ3v) is 5.44. The number of carboxylic acids is 1. The topological polar surface area (TPSA) is 132 Å². The number of anilines is 1. The normalized spacial score (nSPS) is 12.0. The van der Waals surface area contributed by atoms with Gasteiger partial charge < -0.3 is 19.9 Å². The molecule has 0 bridgehead atoms. The van der Waals surface area contributed by atoms with Gasteiger partial charge in [0.25, 0.3) is 5.91 Å². The predicted molar refractivity (Wildman–Crippen MR) is 123 cm³/mol. The molecule has 34 heavy (non-hydrogen) atoms. The Hall–Kier alpha value is -4.18. The summed E-state index contributed by atoms with van der Waals surface area (Å²) in [6.07, 6.45) is -0.654. The third kappa shape index (κ3) is 5.07. The highest BCUT2D eigenvalue weighted by Gasteiger charge is 2.29. The summed E-state index contributed by atoms with van der Waals surface area (Å²) in [4.78, 5) is 35.1. The number of ether oxygens (including phenoxy) is 2. The van der Waals surface area contributed by atoms with E-state index in [1.54, 1.807) is 7.05 Å².